The van der Waals surface area contributed by atoms with Crippen LogP contribution < -0.4 is 5.32 Å². The average Bonchev–Trinajstić information content (AvgIpc) is 2.29. The minimum absolute atomic E-state index is 0.0116. The summed E-state index contributed by atoms with van der Waals surface area (Å²) in [5, 5.41) is 3.04. The second-order valence-corrected chi connectivity index (χ2v) is 4.07. The van der Waals surface area contributed by atoms with Crippen molar-refractivity contribution in [3.8, 4) is 0 Å². The van der Waals surface area contributed by atoms with Gasteiger partial charge in [-0.2, -0.15) is 13.2 Å². The summed E-state index contributed by atoms with van der Waals surface area (Å²) in [6.45, 7) is 1.21. The van der Waals surface area contributed by atoms with Crippen molar-refractivity contribution in [1.82, 2.24) is 5.32 Å². The van der Waals surface area contributed by atoms with Gasteiger partial charge in [0.2, 0.25) is 0 Å². The molecule has 0 aromatic heterocycles. The van der Waals surface area contributed by atoms with Crippen molar-refractivity contribution in [2.24, 2.45) is 0 Å². The van der Waals surface area contributed by atoms with Crippen LogP contribution in [-0.4, -0.2) is 19.8 Å². The van der Waals surface area contributed by atoms with Crippen molar-refractivity contribution in [2.45, 2.75) is 32.2 Å². The molecule has 0 aliphatic heterocycles. The van der Waals surface area contributed by atoms with Crippen molar-refractivity contribution in [1.29, 1.82) is 0 Å². The van der Waals surface area contributed by atoms with Gasteiger partial charge in [0.15, 0.2) is 0 Å². The fraction of sp³-hybridized carbons (Fsp3) is 0.538. The van der Waals surface area contributed by atoms with Crippen LogP contribution in [0.25, 0.3) is 0 Å². The van der Waals surface area contributed by atoms with E-state index in [1.165, 1.54) is 0 Å². The zero-order valence-electron chi connectivity index (χ0n) is 10.4. The zero-order valence-corrected chi connectivity index (χ0v) is 10.4. The van der Waals surface area contributed by atoms with Gasteiger partial charge in [0.1, 0.15) is 0 Å². The second kappa shape index (κ2) is 7.38. The summed E-state index contributed by atoms with van der Waals surface area (Å²) >= 11 is 0. The molecule has 0 atom stereocenters. The Morgan fingerprint density at radius 3 is 2.44 bits per heavy atom. The fourth-order valence-corrected chi connectivity index (χ4v) is 1.62. The molecule has 2 nitrogen and oxygen atoms in total. The van der Waals surface area contributed by atoms with Gasteiger partial charge in [-0.05, 0) is 24.6 Å². The highest BCUT2D eigenvalue weighted by atomic mass is 19.4. The van der Waals surface area contributed by atoms with E-state index in [2.05, 4.69) is 5.32 Å². The SMILES string of the molecule is CNCc1ccccc1COCCCC(F)(F)F. The number of hydrogen-bond donors (Lipinski definition) is 1. The molecule has 0 heterocycles. The van der Waals surface area contributed by atoms with E-state index in [4.69, 9.17) is 4.74 Å². The minimum Gasteiger partial charge on any atom is -0.377 e. The smallest absolute Gasteiger partial charge is 0.377 e. The van der Waals surface area contributed by atoms with Gasteiger partial charge in [-0.25, -0.2) is 0 Å². The maximum Gasteiger partial charge on any atom is 0.389 e. The Kier molecular flexibility index (Phi) is 6.15. The molecule has 1 N–H and O–H groups in total. The lowest BCUT2D eigenvalue weighted by atomic mass is 10.1. The first-order chi connectivity index (χ1) is 8.53. The van der Waals surface area contributed by atoms with Crippen molar-refractivity contribution >= 4 is 0 Å². The highest BCUT2D eigenvalue weighted by molar-refractivity contribution is 5.26. The van der Waals surface area contributed by atoms with E-state index in [0.29, 0.717) is 6.61 Å². The van der Waals surface area contributed by atoms with E-state index in [0.717, 1.165) is 17.7 Å². The first-order valence-corrected chi connectivity index (χ1v) is 5.89. The lowest BCUT2D eigenvalue weighted by molar-refractivity contribution is -0.138. The number of ether oxygens (including phenoxy) is 1. The molecule has 0 saturated heterocycles. The molecule has 0 unspecified atom stereocenters. The lowest BCUT2D eigenvalue weighted by Crippen LogP contribution is -2.10. The molecule has 0 radical (unpaired) electrons. The molecule has 0 saturated carbocycles. The van der Waals surface area contributed by atoms with Crippen LogP contribution in [0.1, 0.15) is 24.0 Å². The molecule has 5 heteroatoms. The van der Waals surface area contributed by atoms with Gasteiger partial charge in [0.25, 0.3) is 0 Å². The molecular formula is C13H18F3NO. The van der Waals surface area contributed by atoms with Crippen LogP contribution in [0.15, 0.2) is 24.3 Å². The van der Waals surface area contributed by atoms with E-state index in [1.807, 2.05) is 31.3 Å². The van der Waals surface area contributed by atoms with Crippen molar-refractivity contribution < 1.29 is 17.9 Å². The zero-order chi connectivity index (χ0) is 13.4. The van der Waals surface area contributed by atoms with E-state index in [1.54, 1.807) is 0 Å². The summed E-state index contributed by atoms with van der Waals surface area (Å²) in [6, 6.07) is 7.73. The third-order valence-electron chi connectivity index (χ3n) is 2.49. The maximum absolute atomic E-state index is 11.9. The first-order valence-electron chi connectivity index (χ1n) is 5.89. The molecule has 0 spiro atoms. The van der Waals surface area contributed by atoms with E-state index < -0.39 is 12.6 Å². The van der Waals surface area contributed by atoms with Crippen LogP contribution in [0.3, 0.4) is 0 Å². The molecule has 0 aliphatic carbocycles. The van der Waals surface area contributed by atoms with Crippen LogP contribution in [0, 0.1) is 0 Å². The number of alkyl halides is 3. The van der Waals surface area contributed by atoms with E-state index >= 15 is 0 Å². The van der Waals surface area contributed by atoms with Gasteiger partial charge in [0, 0.05) is 19.6 Å². The second-order valence-electron chi connectivity index (χ2n) is 4.07. The summed E-state index contributed by atoms with van der Waals surface area (Å²) in [4.78, 5) is 0. The Labute approximate surface area is 105 Å². The van der Waals surface area contributed by atoms with E-state index in [9.17, 15) is 13.2 Å². The third-order valence-corrected chi connectivity index (χ3v) is 2.49. The van der Waals surface area contributed by atoms with Crippen molar-refractivity contribution in [3.63, 3.8) is 0 Å². The molecule has 1 rings (SSSR count). The molecule has 102 valence electrons. The highest BCUT2D eigenvalue weighted by Gasteiger charge is 2.25. The Hall–Kier alpha value is -1.07. The monoisotopic (exact) mass is 261 g/mol. The largest absolute Gasteiger partial charge is 0.389 e. The van der Waals surface area contributed by atoms with Crippen LogP contribution >= 0.6 is 0 Å². The number of rotatable bonds is 7. The number of hydrogen-bond acceptors (Lipinski definition) is 2. The maximum atomic E-state index is 11.9. The average molecular weight is 261 g/mol. The Morgan fingerprint density at radius 2 is 1.83 bits per heavy atom. The number of nitrogens with one attached hydrogen (secondary N) is 1. The fourth-order valence-electron chi connectivity index (χ4n) is 1.62. The standard InChI is InChI=1S/C13H18F3NO/c1-17-9-11-5-2-3-6-12(11)10-18-8-4-7-13(14,15)16/h2-3,5-6,17H,4,7-10H2,1H3. The predicted molar refractivity (Wildman–Crippen MR) is 64.2 cm³/mol. The number of halogens is 3. The summed E-state index contributed by atoms with van der Waals surface area (Å²) in [5.41, 5.74) is 2.12. The van der Waals surface area contributed by atoms with E-state index in [-0.39, 0.29) is 13.0 Å². The molecule has 0 bridgehead atoms. The molecule has 1 aromatic carbocycles. The van der Waals surface area contributed by atoms with Crippen LogP contribution in [-0.2, 0) is 17.9 Å². The summed E-state index contributed by atoms with van der Waals surface area (Å²) in [6.07, 6.45) is -4.86. The Bertz CT molecular complexity index is 352. The third kappa shape index (κ3) is 6.02. The highest BCUT2D eigenvalue weighted by Crippen LogP contribution is 2.21. The summed E-state index contributed by atoms with van der Waals surface area (Å²) in [7, 11) is 1.85. The molecule has 18 heavy (non-hydrogen) atoms. The Balaban J connectivity index is 2.31. The van der Waals surface area contributed by atoms with Crippen molar-refractivity contribution in [2.75, 3.05) is 13.7 Å². The van der Waals surface area contributed by atoms with Gasteiger partial charge >= 0.3 is 6.18 Å². The lowest BCUT2D eigenvalue weighted by Gasteiger charge is -2.10. The quantitative estimate of drug-likeness (QED) is 0.761. The first kappa shape index (κ1) is 15.0. The van der Waals surface area contributed by atoms with Crippen LogP contribution in [0.5, 0.6) is 0 Å². The van der Waals surface area contributed by atoms with Crippen LogP contribution in [0.2, 0.25) is 0 Å². The molecule has 0 aliphatic rings. The molecule has 1 aromatic rings. The Morgan fingerprint density at radius 1 is 1.17 bits per heavy atom. The molecule has 0 amide bonds. The topological polar surface area (TPSA) is 21.3 Å². The van der Waals surface area contributed by atoms with Gasteiger partial charge < -0.3 is 10.1 Å². The predicted octanol–water partition coefficient (Wildman–Crippen LogP) is 3.27. The summed E-state index contributed by atoms with van der Waals surface area (Å²) in [5.74, 6) is 0. The molecular weight excluding hydrogens is 243 g/mol. The van der Waals surface area contributed by atoms with Gasteiger partial charge in [-0.1, -0.05) is 24.3 Å². The van der Waals surface area contributed by atoms with Gasteiger partial charge in [0.05, 0.1) is 6.61 Å². The van der Waals surface area contributed by atoms with Gasteiger partial charge in [-0.3, -0.25) is 0 Å². The number of benzene rings is 1. The normalized spacial score (nSPS) is 11.8. The minimum atomic E-state index is -4.09. The van der Waals surface area contributed by atoms with Gasteiger partial charge in [-0.15, -0.1) is 0 Å². The summed E-state index contributed by atoms with van der Waals surface area (Å²) < 4.78 is 41.0. The van der Waals surface area contributed by atoms with Crippen LogP contribution in [0.4, 0.5) is 13.2 Å². The molecule has 0 fully saturated rings. The van der Waals surface area contributed by atoms with Crippen molar-refractivity contribution in [3.05, 3.63) is 35.4 Å².